The Hall–Kier alpha value is -1.17. The number of fused-ring (bicyclic) bond motifs is 1. The van der Waals surface area contributed by atoms with Crippen molar-refractivity contribution in [2.45, 2.75) is 32.5 Å². The predicted molar refractivity (Wildman–Crippen MR) is 78.1 cm³/mol. The molecule has 0 saturated heterocycles. The minimum atomic E-state index is 0.329. The number of nitrogens with two attached hydrogens (primary N) is 1. The first-order valence-electron chi connectivity index (χ1n) is 6.84. The number of thiophene rings is 1. The van der Waals surface area contributed by atoms with E-state index in [1.165, 1.54) is 9.75 Å². The Kier molecular flexibility index (Phi) is 3.68. The Bertz CT molecular complexity index is 545. The van der Waals surface area contributed by atoms with Crippen molar-refractivity contribution in [3.8, 4) is 0 Å². The number of aromatic nitrogens is 2. The van der Waals surface area contributed by atoms with Crippen LogP contribution in [0.15, 0.2) is 24.5 Å². The normalized spacial score (nSPS) is 17.4. The lowest BCUT2D eigenvalue weighted by Crippen LogP contribution is -2.39. The molecule has 2 aromatic rings. The molecular weight excluding hydrogens is 256 g/mol. The molecule has 102 valence electrons. The Balaban J connectivity index is 1.80. The first kappa shape index (κ1) is 12.8. The van der Waals surface area contributed by atoms with Gasteiger partial charge < -0.3 is 10.3 Å². The molecule has 3 heterocycles. The van der Waals surface area contributed by atoms with Gasteiger partial charge in [-0.1, -0.05) is 6.92 Å². The first-order valence-corrected chi connectivity index (χ1v) is 7.66. The molecule has 3 rings (SSSR count). The zero-order chi connectivity index (χ0) is 13.2. The molecule has 5 heteroatoms. The van der Waals surface area contributed by atoms with E-state index in [4.69, 9.17) is 5.73 Å². The van der Waals surface area contributed by atoms with Gasteiger partial charge in [0.2, 0.25) is 0 Å². The van der Waals surface area contributed by atoms with Crippen LogP contribution in [-0.4, -0.2) is 27.5 Å². The molecule has 1 unspecified atom stereocenters. The van der Waals surface area contributed by atoms with Gasteiger partial charge in [-0.2, -0.15) is 0 Å². The number of hydrogen-bond acceptors (Lipinski definition) is 4. The van der Waals surface area contributed by atoms with E-state index in [1.807, 2.05) is 17.5 Å². The van der Waals surface area contributed by atoms with Gasteiger partial charge in [0, 0.05) is 41.8 Å². The molecule has 0 spiro atoms. The van der Waals surface area contributed by atoms with Crippen LogP contribution in [-0.2, 0) is 19.5 Å². The molecule has 2 aromatic heterocycles. The van der Waals surface area contributed by atoms with Crippen molar-refractivity contribution < 1.29 is 0 Å². The molecule has 0 fully saturated rings. The third kappa shape index (κ3) is 2.45. The van der Waals surface area contributed by atoms with Gasteiger partial charge in [-0.05, 0) is 18.6 Å². The summed E-state index contributed by atoms with van der Waals surface area (Å²) in [7, 11) is 0. The van der Waals surface area contributed by atoms with Gasteiger partial charge in [0.25, 0.3) is 0 Å². The van der Waals surface area contributed by atoms with Crippen molar-refractivity contribution >= 4 is 11.3 Å². The van der Waals surface area contributed by atoms with E-state index in [9.17, 15) is 0 Å². The Labute approximate surface area is 117 Å². The molecule has 0 aliphatic carbocycles. The van der Waals surface area contributed by atoms with Gasteiger partial charge in [-0.15, -0.1) is 11.3 Å². The second kappa shape index (κ2) is 5.45. The number of imidazole rings is 1. The third-order valence-electron chi connectivity index (χ3n) is 3.80. The predicted octanol–water partition coefficient (Wildman–Crippen LogP) is 2.02. The highest BCUT2D eigenvalue weighted by molar-refractivity contribution is 7.12. The summed E-state index contributed by atoms with van der Waals surface area (Å²) in [6, 6.07) is 4.80. The standard InChI is InChI=1S/C14H20N4S/c1-2-11-3-4-13(19-11)12(9-15)18-8-7-17-6-5-16-14(17)10-18/h3-6,12H,2,7-10,15H2,1H3. The van der Waals surface area contributed by atoms with Crippen LogP contribution in [0.3, 0.4) is 0 Å². The van der Waals surface area contributed by atoms with Crippen LogP contribution in [0.2, 0.25) is 0 Å². The summed E-state index contributed by atoms with van der Waals surface area (Å²) >= 11 is 1.89. The fourth-order valence-corrected chi connectivity index (χ4v) is 3.77. The van der Waals surface area contributed by atoms with E-state index in [2.05, 4.69) is 39.7 Å². The van der Waals surface area contributed by atoms with E-state index in [0.717, 1.165) is 31.9 Å². The number of rotatable bonds is 4. The summed E-state index contributed by atoms with van der Waals surface area (Å²) in [5.41, 5.74) is 6.02. The second-order valence-corrected chi connectivity index (χ2v) is 6.12. The van der Waals surface area contributed by atoms with Crippen molar-refractivity contribution in [2.24, 2.45) is 5.73 Å². The van der Waals surface area contributed by atoms with Gasteiger partial charge in [0.15, 0.2) is 0 Å². The molecule has 0 aromatic carbocycles. The highest BCUT2D eigenvalue weighted by Crippen LogP contribution is 2.29. The zero-order valence-corrected chi connectivity index (χ0v) is 12.1. The number of nitrogens with zero attached hydrogens (tertiary/aromatic N) is 3. The molecule has 4 nitrogen and oxygen atoms in total. The molecule has 1 aliphatic heterocycles. The van der Waals surface area contributed by atoms with Gasteiger partial charge >= 0.3 is 0 Å². The van der Waals surface area contributed by atoms with Crippen molar-refractivity contribution in [2.75, 3.05) is 13.1 Å². The monoisotopic (exact) mass is 276 g/mol. The van der Waals surface area contributed by atoms with Crippen LogP contribution in [0.1, 0.15) is 28.5 Å². The number of hydrogen-bond donors (Lipinski definition) is 1. The molecule has 1 aliphatic rings. The van der Waals surface area contributed by atoms with Gasteiger partial charge in [-0.25, -0.2) is 4.98 Å². The highest BCUT2D eigenvalue weighted by atomic mass is 32.1. The van der Waals surface area contributed by atoms with E-state index >= 15 is 0 Å². The maximum absolute atomic E-state index is 6.02. The van der Waals surface area contributed by atoms with Crippen LogP contribution < -0.4 is 5.73 Å². The largest absolute Gasteiger partial charge is 0.333 e. The van der Waals surface area contributed by atoms with E-state index in [0.29, 0.717) is 12.6 Å². The molecule has 0 bridgehead atoms. The Morgan fingerprint density at radius 2 is 2.32 bits per heavy atom. The fraction of sp³-hybridized carbons (Fsp3) is 0.500. The summed E-state index contributed by atoms with van der Waals surface area (Å²) in [5, 5.41) is 0. The smallest absolute Gasteiger partial charge is 0.122 e. The van der Waals surface area contributed by atoms with Crippen LogP contribution in [0.5, 0.6) is 0 Å². The summed E-state index contributed by atoms with van der Waals surface area (Å²) in [6.45, 7) is 5.83. The number of aryl methyl sites for hydroxylation is 1. The maximum Gasteiger partial charge on any atom is 0.122 e. The topological polar surface area (TPSA) is 47.1 Å². The average molecular weight is 276 g/mol. The van der Waals surface area contributed by atoms with Crippen molar-refractivity contribution in [1.29, 1.82) is 0 Å². The van der Waals surface area contributed by atoms with Crippen molar-refractivity contribution in [3.05, 3.63) is 40.1 Å². The zero-order valence-electron chi connectivity index (χ0n) is 11.2. The van der Waals surface area contributed by atoms with Crippen molar-refractivity contribution in [3.63, 3.8) is 0 Å². The second-order valence-electron chi connectivity index (χ2n) is 4.92. The summed E-state index contributed by atoms with van der Waals surface area (Å²) in [5.74, 6) is 1.15. The SMILES string of the molecule is CCc1ccc(C(CN)N2CCn3ccnc3C2)s1. The minimum Gasteiger partial charge on any atom is -0.333 e. The molecule has 19 heavy (non-hydrogen) atoms. The van der Waals surface area contributed by atoms with E-state index in [1.54, 1.807) is 0 Å². The lowest BCUT2D eigenvalue weighted by atomic mass is 10.2. The molecule has 2 N–H and O–H groups in total. The molecule has 1 atom stereocenters. The van der Waals surface area contributed by atoms with Gasteiger partial charge in [0.1, 0.15) is 5.82 Å². The molecule has 0 saturated carbocycles. The maximum atomic E-state index is 6.02. The Morgan fingerprint density at radius 3 is 3.05 bits per heavy atom. The lowest BCUT2D eigenvalue weighted by Gasteiger charge is -2.33. The first-order chi connectivity index (χ1) is 9.31. The third-order valence-corrected chi connectivity index (χ3v) is 5.13. The van der Waals surface area contributed by atoms with Crippen LogP contribution in [0.4, 0.5) is 0 Å². The Morgan fingerprint density at radius 1 is 1.42 bits per heavy atom. The molecule has 0 amide bonds. The highest BCUT2D eigenvalue weighted by Gasteiger charge is 2.25. The molecule has 0 radical (unpaired) electrons. The minimum absolute atomic E-state index is 0.329. The quantitative estimate of drug-likeness (QED) is 0.929. The van der Waals surface area contributed by atoms with Crippen LogP contribution in [0.25, 0.3) is 0 Å². The summed E-state index contributed by atoms with van der Waals surface area (Å²) < 4.78 is 2.23. The summed E-state index contributed by atoms with van der Waals surface area (Å²) in [4.78, 5) is 9.70. The van der Waals surface area contributed by atoms with Gasteiger partial charge in [0.05, 0.1) is 12.6 Å². The van der Waals surface area contributed by atoms with E-state index < -0.39 is 0 Å². The molecular formula is C14H20N4S. The van der Waals surface area contributed by atoms with Crippen molar-refractivity contribution in [1.82, 2.24) is 14.5 Å². The average Bonchev–Trinajstić information content (AvgIpc) is 3.07. The van der Waals surface area contributed by atoms with E-state index in [-0.39, 0.29) is 0 Å². The lowest BCUT2D eigenvalue weighted by molar-refractivity contribution is 0.158. The fourth-order valence-electron chi connectivity index (χ4n) is 2.67. The van der Waals surface area contributed by atoms with Crippen LogP contribution >= 0.6 is 11.3 Å². The summed E-state index contributed by atoms with van der Waals surface area (Å²) in [6.07, 6.45) is 5.05. The van der Waals surface area contributed by atoms with Crippen LogP contribution in [0, 0.1) is 0 Å². The van der Waals surface area contributed by atoms with Gasteiger partial charge in [-0.3, -0.25) is 4.90 Å².